The molecule has 0 spiro atoms. The number of pyridine rings is 2. The minimum absolute atomic E-state index is 0.357. The van der Waals surface area contributed by atoms with Gasteiger partial charge in [0.15, 0.2) is 0 Å². The van der Waals surface area contributed by atoms with Gasteiger partial charge in [-0.1, -0.05) is 12.1 Å². The molecule has 4 aromatic rings. The molecule has 0 saturated carbocycles. The van der Waals surface area contributed by atoms with E-state index in [4.69, 9.17) is 10.5 Å². The molecule has 0 bridgehead atoms. The molecular weight excluding hydrogens is 420 g/mol. The highest BCUT2D eigenvalue weighted by Crippen LogP contribution is 2.24. The monoisotopic (exact) mass is 440 g/mol. The number of nitrogens with two attached hydrogens (primary N) is 1. The second-order valence-electron chi connectivity index (χ2n) is 6.87. The highest BCUT2D eigenvalue weighted by molar-refractivity contribution is 5.93. The molecule has 33 heavy (non-hydrogen) atoms. The number of primary amides is 1. The maximum absolute atomic E-state index is 12.2. The van der Waals surface area contributed by atoms with Crippen molar-refractivity contribution in [1.82, 2.24) is 15.4 Å². The van der Waals surface area contributed by atoms with Crippen LogP contribution in [0.4, 0.5) is 16.3 Å². The molecule has 2 aromatic heterocycles. The van der Waals surface area contributed by atoms with Crippen molar-refractivity contribution in [2.24, 2.45) is 5.73 Å². The minimum atomic E-state index is -0.529. The Morgan fingerprint density at radius 3 is 2.45 bits per heavy atom. The summed E-state index contributed by atoms with van der Waals surface area (Å²) in [5, 5.41) is 2.71. The fourth-order valence-electron chi connectivity index (χ4n) is 2.92. The number of hydrogen-bond acceptors (Lipinski definition) is 6. The normalized spacial score (nSPS) is 10.2. The minimum Gasteiger partial charge on any atom is -0.457 e. The van der Waals surface area contributed by atoms with E-state index in [-0.39, 0.29) is 0 Å². The number of ether oxygens (including phenoxy) is 1. The Bertz CT molecular complexity index is 1260. The Morgan fingerprint density at radius 2 is 1.70 bits per heavy atom. The molecule has 4 rings (SSSR count). The summed E-state index contributed by atoms with van der Waals surface area (Å²) in [5.41, 5.74) is 13.1. The Hall–Kier alpha value is -4.92. The number of amides is 3. The molecule has 0 radical (unpaired) electrons. The first-order chi connectivity index (χ1) is 16.1. The highest BCUT2D eigenvalue weighted by atomic mass is 16.5. The van der Waals surface area contributed by atoms with Crippen LogP contribution < -0.4 is 26.6 Å². The number of carbonyl (C=O) groups is 2. The summed E-state index contributed by atoms with van der Waals surface area (Å²) < 4.78 is 5.72. The standard InChI is InChI=1S/C24H20N6O3/c25-23(31)16-4-1-6-20(14-16)33-19-11-9-18(10-12-19)27-24(32)30-29-22-8-2-7-21(28-22)17-5-3-13-26-15-17/h1-15H,(H2,25,31)(H,28,29)(H2,27,30,32). The molecule has 9 heteroatoms. The van der Waals surface area contributed by atoms with Crippen molar-refractivity contribution in [2.75, 3.05) is 10.7 Å². The molecular formula is C24H20N6O3. The van der Waals surface area contributed by atoms with E-state index in [9.17, 15) is 9.59 Å². The Kier molecular flexibility index (Phi) is 6.41. The third-order valence-corrected chi connectivity index (χ3v) is 4.48. The van der Waals surface area contributed by atoms with Crippen LogP contribution in [0.5, 0.6) is 11.5 Å². The van der Waals surface area contributed by atoms with Gasteiger partial charge < -0.3 is 15.8 Å². The lowest BCUT2D eigenvalue weighted by atomic mass is 10.2. The van der Waals surface area contributed by atoms with Gasteiger partial charge in [-0.05, 0) is 66.7 Å². The lowest BCUT2D eigenvalue weighted by Gasteiger charge is -2.11. The summed E-state index contributed by atoms with van der Waals surface area (Å²) in [6.07, 6.45) is 3.41. The first kappa shape index (κ1) is 21.3. The molecule has 0 saturated heterocycles. The van der Waals surface area contributed by atoms with Crippen LogP contribution in [-0.4, -0.2) is 21.9 Å². The molecule has 0 aliphatic heterocycles. The summed E-state index contributed by atoms with van der Waals surface area (Å²) in [4.78, 5) is 32.0. The molecule has 0 fully saturated rings. The van der Waals surface area contributed by atoms with Crippen molar-refractivity contribution in [2.45, 2.75) is 0 Å². The van der Waals surface area contributed by atoms with Crippen molar-refractivity contribution >= 4 is 23.4 Å². The SMILES string of the molecule is NC(=O)c1cccc(Oc2ccc(NC(=O)NNc3cccc(-c4cccnc4)n3)cc2)c1. The molecule has 2 heterocycles. The number of aromatic nitrogens is 2. The zero-order valence-electron chi connectivity index (χ0n) is 17.4. The van der Waals surface area contributed by atoms with Crippen LogP contribution in [0.25, 0.3) is 11.3 Å². The Balaban J connectivity index is 1.31. The third-order valence-electron chi connectivity index (χ3n) is 4.48. The maximum atomic E-state index is 12.2. The van der Waals surface area contributed by atoms with Crippen LogP contribution in [0.15, 0.2) is 91.3 Å². The maximum Gasteiger partial charge on any atom is 0.337 e. The molecule has 3 amide bonds. The van der Waals surface area contributed by atoms with E-state index in [1.165, 1.54) is 0 Å². The Morgan fingerprint density at radius 1 is 0.879 bits per heavy atom. The van der Waals surface area contributed by atoms with E-state index in [2.05, 4.69) is 26.1 Å². The van der Waals surface area contributed by atoms with E-state index in [1.807, 2.05) is 24.3 Å². The predicted octanol–water partition coefficient (Wildman–Crippen LogP) is 4.18. The molecule has 0 atom stereocenters. The van der Waals surface area contributed by atoms with Crippen LogP contribution >= 0.6 is 0 Å². The Labute approximate surface area is 189 Å². The van der Waals surface area contributed by atoms with Crippen LogP contribution in [0.3, 0.4) is 0 Å². The van der Waals surface area contributed by atoms with Gasteiger partial charge in [0.2, 0.25) is 5.91 Å². The molecule has 0 aliphatic rings. The average Bonchev–Trinajstić information content (AvgIpc) is 2.85. The number of hydrazine groups is 1. The average molecular weight is 440 g/mol. The van der Waals surface area contributed by atoms with Gasteiger partial charge in [0.1, 0.15) is 17.3 Å². The second kappa shape index (κ2) is 9.92. The number of nitrogens with one attached hydrogen (secondary N) is 3. The van der Waals surface area contributed by atoms with E-state index in [1.54, 1.807) is 67.0 Å². The van der Waals surface area contributed by atoms with Gasteiger partial charge in [-0.15, -0.1) is 0 Å². The zero-order chi connectivity index (χ0) is 23.0. The van der Waals surface area contributed by atoms with Gasteiger partial charge in [0.05, 0.1) is 5.69 Å². The van der Waals surface area contributed by atoms with Crippen molar-refractivity contribution in [3.8, 4) is 22.8 Å². The second-order valence-corrected chi connectivity index (χ2v) is 6.87. The topological polar surface area (TPSA) is 131 Å². The van der Waals surface area contributed by atoms with Crippen molar-refractivity contribution < 1.29 is 14.3 Å². The number of urea groups is 1. The fraction of sp³-hybridized carbons (Fsp3) is 0. The van der Waals surface area contributed by atoms with Crippen LogP contribution in [-0.2, 0) is 0 Å². The summed E-state index contributed by atoms with van der Waals surface area (Å²) in [6, 6.07) is 22.0. The summed E-state index contributed by atoms with van der Waals surface area (Å²) >= 11 is 0. The van der Waals surface area contributed by atoms with Crippen molar-refractivity contribution in [3.63, 3.8) is 0 Å². The zero-order valence-corrected chi connectivity index (χ0v) is 17.4. The molecule has 5 N–H and O–H groups in total. The highest BCUT2D eigenvalue weighted by Gasteiger charge is 2.06. The van der Waals surface area contributed by atoms with Crippen molar-refractivity contribution in [3.05, 3.63) is 96.8 Å². The van der Waals surface area contributed by atoms with Gasteiger partial charge in [-0.25, -0.2) is 9.78 Å². The predicted molar refractivity (Wildman–Crippen MR) is 125 cm³/mol. The molecule has 164 valence electrons. The van der Waals surface area contributed by atoms with Crippen LogP contribution in [0.1, 0.15) is 10.4 Å². The fourth-order valence-corrected chi connectivity index (χ4v) is 2.92. The van der Waals surface area contributed by atoms with Gasteiger partial charge in [0.25, 0.3) is 0 Å². The quantitative estimate of drug-likeness (QED) is 0.319. The number of nitrogens with zero attached hydrogens (tertiary/aromatic N) is 2. The summed E-state index contributed by atoms with van der Waals surface area (Å²) in [7, 11) is 0. The third kappa shape index (κ3) is 5.82. The number of benzene rings is 2. The molecule has 0 unspecified atom stereocenters. The number of hydrogen-bond donors (Lipinski definition) is 4. The van der Waals surface area contributed by atoms with Crippen LogP contribution in [0.2, 0.25) is 0 Å². The summed E-state index contributed by atoms with van der Waals surface area (Å²) in [5.74, 6) is 0.971. The summed E-state index contributed by atoms with van der Waals surface area (Å²) in [6.45, 7) is 0. The number of anilines is 2. The smallest absolute Gasteiger partial charge is 0.337 e. The molecule has 2 aromatic carbocycles. The van der Waals surface area contributed by atoms with Crippen molar-refractivity contribution in [1.29, 1.82) is 0 Å². The number of carbonyl (C=O) groups excluding carboxylic acids is 2. The van der Waals surface area contributed by atoms with Gasteiger partial charge in [-0.3, -0.25) is 20.6 Å². The first-order valence-corrected chi connectivity index (χ1v) is 9.95. The molecule has 9 nitrogen and oxygen atoms in total. The van der Waals surface area contributed by atoms with Crippen LogP contribution in [0, 0.1) is 0 Å². The van der Waals surface area contributed by atoms with E-state index >= 15 is 0 Å². The number of rotatable bonds is 7. The lowest BCUT2D eigenvalue weighted by molar-refractivity contribution is 0.1000. The molecule has 0 aliphatic carbocycles. The van der Waals surface area contributed by atoms with E-state index in [0.29, 0.717) is 28.6 Å². The van der Waals surface area contributed by atoms with Gasteiger partial charge in [-0.2, -0.15) is 0 Å². The largest absolute Gasteiger partial charge is 0.457 e. The van der Waals surface area contributed by atoms with E-state index in [0.717, 1.165) is 11.3 Å². The van der Waals surface area contributed by atoms with Gasteiger partial charge in [0, 0.05) is 29.2 Å². The van der Waals surface area contributed by atoms with Gasteiger partial charge >= 0.3 is 6.03 Å². The lowest BCUT2D eigenvalue weighted by Crippen LogP contribution is -2.33. The van der Waals surface area contributed by atoms with E-state index < -0.39 is 11.9 Å². The first-order valence-electron chi connectivity index (χ1n) is 9.95.